The normalized spacial score (nSPS) is 11.4. The van der Waals surface area contributed by atoms with Gasteiger partial charge in [-0.1, -0.05) is 30.0 Å². The van der Waals surface area contributed by atoms with E-state index in [4.69, 9.17) is 9.15 Å². The van der Waals surface area contributed by atoms with Crippen molar-refractivity contribution in [2.24, 2.45) is 0 Å². The van der Waals surface area contributed by atoms with Crippen LogP contribution in [0.3, 0.4) is 0 Å². The van der Waals surface area contributed by atoms with Crippen molar-refractivity contribution in [3.05, 3.63) is 54.1 Å². The van der Waals surface area contributed by atoms with Gasteiger partial charge in [0.05, 0.1) is 5.56 Å². The maximum atomic E-state index is 12.7. The number of alkyl halides is 3. The summed E-state index contributed by atoms with van der Waals surface area (Å²) < 4.78 is 48.2. The monoisotopic (exact) mass is 410 g/mol. The van der Waals surface area contributed by atoms with Gasteiger partial charge in [-0.15, -0.1) is 0 Å². The van der Waals surface area contributed by atoms with Crippen LogP contribution in [0.15, 0.2) is 58.2 Å². The number of para-hydroxylation sites is 2. The number of hydrogen-bond donors (Lipinski definition) is 1. The number of anilines is 1. The van der Waals surface area contributed by atoms with E-state index in [1.54, 1.807) is 24.3 Å². The van der Waals surface area contributed by atoms with Gasteiger partial charge in [-0.05, 0) is 30.3 Å². The lowest BCUT2D eigenvalue weighted by Crippen LogP contribution is -2.21. The lowest BCUT2D eigenvalue weighted by molar-refractivity contribution is -0.144. The minimum atomic E-state index is -4.52. The Labute approximate surface area is 161 Å². The molecule has 0 saturated carbocycles. The summed E-state index contributed by atoms with van der Waals surface area (Å²) in [7, 11) is 0. The number of nitrogens with one attached hydrogen (secondary N) is 1. The van der Waals surface area contributed by atoms with Gasteiger partial charge in [0.25, 0.3) is 11.1 Å². The molecule has 1 N–H and O–H groups in total. The molecule has 1 aromatic heterocycles. The molecular weight excluding hydrogens is 397 g/mol. The Morgan fingerprint density at radius 2 is 1.93 bits per heavy atom. The predicted molar refractivity (Wildman–Crippen MR) is 95.8 cm³/mol. The first kappa shape index (κ1) is 19.7. The second-order valence-electron chi connectivity index (χ2n) is 5.52. The molecule has 0 saturated heterocycles. The molecule has 0 aliphatic heterocycles. The first-order valence-electron chi connectivity index (χ1n) is 7.92. The molecule has 0 unspecified atom stereocenters. The minimum absolute atomic E-state index is 0.0447. The third-order valence-corrected chi connectivity index (χ3v) is 4.23. The van der Waals surface area contributed by atoms with E-state index in [-0.39, 0.29) is 16.7 Å². The molecule has 0 atom stereocenters. The smallest absolute Gasteiger partial charge is 0.416 e. The van der Waals surface area contributed by atoms with Crippen LogP contribution >= 0.6 is 11.8 Å². The van der Waals surface area contributed by atoms with Crippen LogP contribution in [0.5, 0.6) is 0 Å². The Kier molecular flexibility index (Phi) is 5.88. The number of hydrogen-bond acceptors (Lipinski definition) is 6. The zero-order chi connectivity index (χ0) is 20.1. The average Bonchev–Trinajstić information content (AvgIpc) is 3.07. The number of rotatable bonds is 6. The van der Waals surface area contributed by atoms with Crippen molar-refractivity contribution in [3.8, 4) is 0 Å². The van der Waals surface area contributed by atoms with Crippen molar-refractivity contribution in [3.63, 3.8) is 0 Å². The molecule has 10 heteroatoms. The van der Waals surface area contributed by atoms with E-state index in [2.05, 4.69) is 10.3 Å². The zero-order valence-electron chi connectivity index (χ0n) is 14.2. The molecule has 146 valence electrons. The summed E-state index contributed by atoms with van der Waals surface area (Å²) in [4.78, 5) is 27.7. The molecular formula is C18H13F3N2O4S. The van der Waals surface area contributed by atoms with Gasteiger partial charge < -0.3 is 14.5 Å². The van der Waals surface area contributed by atoms with Gasteiger partial charge in [0.15, 0.2) is 12.2 Å². The number of fused-ring (bicyclic) bond motifs is 1. The van der Waals surface area contributed by atoms with Gasteiger partial charge in [0.1, 0.15) is 11.3 Å². The number of oxazole rings is 1. The van der Waals surface area contributed by atoms with Crippen LogP contribution in [0, 0.1) is 0 Å². The standard InChI is InChI=1S/C18H13F3N2O4S/c19-18(20,21)11-4-3-5-12(8-11)22-15(24)9-26-16(25)10-28-17-23-13-6-1-2-7-14(13)27-17/h1-8H,9-10H2,(H,22,24). The van der Waals surface area contributed by atoms with E-state index < -0.39 is 30.2 Å². The topological polar surface area (TPSA) is 81.4 Å². The second kappa shape index (κ2) is 8.34. The molecule has 1 heterocycles. The lowest BCUT2D eigenvalue weighted by atomic mass is 10.2. The van der Waals surface area contributed by atoms with Crippen LogP contribution < -0.4 is 5.32 Å². The fraction of sp³-hybridized carbons (Fsp3) is 0.167. The summed E-state index contributed by atoms with van der Waals surface area (Å²) in [6.45, 7) is -0.622. The van der Waals surface area contributed by atoms with Crippen molar-refractivity contribution in [1.82, 2.24) is 4.98 Å². The SMILES string of the molecule is O=C(COC(=O)CSc1nc2ccccc2o1)Nc1cccc(C(F)(F)F)c1. The second-order valence-corrected chi connectivity index (χ2v) is 6.45. The van der Waals surface area contributed by atoms with Gasteiger partial charge in [0.2, 0.25) is 0 Å². The summed E-state index contributed by atoms with van der Waals surface area (Å²) in [5.41, 5.74) is 0.298. The van der Waals surface area contributed by atoms with Gasteiger partial charge in [-0.3, -0.25) is 9.59 Å². The number of aromatic nitrogens is 1. The van der Waals surface area contributed by atoms with Crippen LogP contribution in [0.2, 0.25) is 0 Å². The van der Waals surface area contributed by atoms with Crippen LogP contribution in [-0.4, -0.2) is 29.2 Å². The number of carbonyl (C=O) groups excluding carboxylic acids is 2. The molecule has 0 bridgehead atoms. The van der Waals surface area contributed by atoms with Crippen molar-refractivity contribution >= 4 is 40.4 Å². The summed E-state index contributed by atoms with van der Waals surface area (Å²) in [6.07, 6.45) is -4.52. The maximum Gasteiger partial charge on any atom is 0.416 e. The van der Waals surface area contributed by atoms with Gasteiger partial charge >= 0.3 is 12.1 Å². The molecule has 6 nitrogen and oxygen atoms in total. The van der Waals surface area contributed by atoms with Gasteiger partial charge in [0, 0.05) is 5.69 Å². The predicted octanol–water partition coefficient (Wildman–Crippen LogP) is 4.12. The molecule has 3 rings (SSSR count). The number of nitrogens with zero attached hydrogens (tertiary/aromatic N) is 1. The Morgan fingerprint density at radius 1 is 1.14 bits per heavy atom. The lowest BCUT2D eigenvalue weighted by Gasteiger charge is -2.10. The number of benzene rings is 2. The van der Waals surface area contributed by atoms with Crippen LogP contribution in [0.1, 0.15) is 5.56 Å². The van der Waals surface area contributed by atoms with Crippen LogP contribution in [-0.2, 0) is 20.5 Å². The average molecular weight is 410 g/mol. The number of halogens is 3. The highest BCUT2D eigenvalue weighted by atomic mass is 32.2. The van der Waals surface area contributed by atoms with E-state index >= 15 is 0 Å². The summed E-state index contributed by atoms with van der Waals surface area (Å²) in [6, 6.07) is 11.2. The van der Waals surface area contributed by atoms with Crippen molar-refractivity contribution < 1.29 is 31.9 Å². The quantitative estimate of drug-likeness (QED) is 0.486. The first-order valence-corrected chi connectivity index (χ1v) is 8.91. The van der Waals surface area contributed by atoms with Gasteiger partial charge in [-0.2, -0.15) is 13.2 Å². The van der Waals surface area contributed by atoms with E-state index in [1.165, 1.54) is 12.1 Å². The van der Waals surface area contributed by atoms with E-state index in [1.807, 2.05) is 0 Å². The van der Waals surface area contributed by atoms with E-state index in [0.717, 1.165) is 23.9 Å². The molecule has 0 fully saturated rings. The number of thioether (sulfide) groups is 1. The van der Waals surface area contributed by atoms with Crippen molar-refractivity contribution in [2.45, 2.75) is 11.4 Å². The highest BCUT2D eigenvalue weighted by Gasteiger charge is 2.30. The van der Waals surface area contributed by atoms with Crippen molar-refractivity contribution in [1.29, 1.82) is 0 Å². The molecule has 0 spiro atoms. The maximum absolute atomic E-state index is 12.7. The Balaban J connectivity index is 1.46. The van der Waals surface area contributed by atoms with Gasteiger partial charge in [-0.25, -0.2) is 4.98 Å². The summed E-state index contributed by atoms with van der Waals surface area (Å²) in [5, 5.41) is 2.53. The van der Waals surface area contributed by atoms with E-state index in [0.29, 0.717) is 11.1 Å². The summed E-state index contributed by atoms with van der Waals surface area (Å²) >= 11 is 1.01. The Bertz CT molecular complexity index is 971. The third kappa shape index (κ3) is 5.26. The Hall–Kier alpha value is -3.01. The molecule has 0 aliphatic rings. The number of ether oxygens (including phenoxy) is 1. The summed E-state index contributed by atoms with van der Waals surface area (Å²) in [5.74, 6) is -1.57. The highest BCUT2D eigenvalue weighted by molar-refractivity contribution is 7.99. The molecule has 2 aromatic carbocycles. The molecule has 3 aromatic rings. The van der Waals surface area contributed by atoms with E-state index in [9.17, 15) is 22.8 Å². The fourth-order valence-electron chi connectivity index (χ4n) is 2.19. The number of esters is 1. The van der Waals surface area contributed by atoms with Crippen molar-refractivity contribution in [2.75, 3.05) is 17.7 Å². The third-order valence-electron chi connectivity index (χ3n) is 3.43. The van der Waals surface area contributed by atoms with Crippen LogP contribution in [0.4, 0.5) is 18.9 Å². The largest absolute Gasteiger partial charge is 0.455 e. The first-order chi connectivity index (χ1) is 13.3. The Morgan fingerprint density at radius 3 is 2.68 bits per heavy atom. The fourth-order valence-corrected chi connectivity index (χ4v) is 2.83. The molecule has 0 radical (unpaired) electrons. The minimum Gasteiger partial charge on any atom is -0.455 e. The molecule has 28 heavy (non-hydrogen) atoms. The zero-order valence-corrected chi connectivity index (χ0v) is 15.0. The highest BCUT2D eigenvalue weighted by Crippen LogP contribution is 2.30. The van der Waals surface area contributed by atoms with Crippen LogP contribution in [0.25, 0.3) is 11.1 Å². The number of amides is 1. The molecule has 1 amide bonds. The number of carbonyl (C=O) groups is 2. The molecule has 0 aliphatic carbocycles.